The van der Waals surface area contributed by atoms with Crippen LogP contribution in [-0.4, -0.2) is 14.8 Å². The summed E-state index contributed by atoms with van der Waals surface area (Å²) in [5, 5.41) is 5.12. The minimum absolute atomic E-state index is 0.0948. The molecule has 0 atom stereocenters. The zero-order valence-corrected chi connectivity index (χ0v) is 12.8. The molecule has 0 radical (unpaired) electrons. The van der Waals surface area contributed by atoms with Gasteiger partial charge >= 0.3 is 0 Å². The lowest BCUT2D eigenvalue weighted by Crippen LogP contribution is -2.25. The maximum atomic E-state index is 12.3. The summed E-state index contributed by atoms with van der Waals surface area (Å²) in [6.07, 6.45) is 3.44. The molecule has 0 bridgehead atoms. The lowest BCUT2D eigenvalue weighted by atomic mass is 10.1. The summed E-state index contributed by atoms with van der Waals surface area (Å²) in [6, 6.07) is 13.0. The van der Waals surface area contributed by atoms with Gasteiger partial charge in [-0.3, -0.25) is 9.78 Å². The van der Waals surface area contributed by atoms with Gasteiger partial charge in [0.15, 0.2) is 0 Å². The van der Waals surface area contributed by atoms with Crippen LogP contribution in [0.2, 0.25) is 5.02 Å². The van der Waals surface area contributed by atoms with Gasteiger partial charge in [0.1, 0.15) is 0 Å². The molecule has 2 heterocycles. The number of hydrogen-bond donors (Lipinski definition) is 0. The maximum absolute atomic E-state index is 12.3. The summed E-state index contributed by atoms with van der Waals surface area (Å²) >= 11 is 5.89. The molecule has 0 saturated heterocycles. The highest BCUT2D eigenvalue weighted by atomic mass is 35.5. The second-order valence-electron chi connectivity index (χ2n) is 5.04. The molecule has 0 amide bonds. The largest absolute Gasteiger partial charge is 0.270 e. The molecule has 3 rings (SSSR count). The summed E-state index contributed by atoms with van der Waals surface area (Å²) < 4.78 is 1.47. The van der Waals surface area contributed by atoms with Crippen LogP contribution in [0.25, 0.3) is 11.3 Å². The maximum Gasteiger partial charge on any atom is 0.270 e. The van der Waals surface area contributed by atoms with Crippen LogP contribution in [-0.2, 0) is 6.54 Å². The first-order chi connectivity index (χ1) is 10.6. The van der Waals surface area contributed by atoms with Gasteiger partial charge in [0.05, 0.1) is 12.2 Å². The SMILES string of the molecule is Cc1cc(-c2cccnc2)nn(Cc2ccc(Cl)cc2)c1=O. The van der Waals surface area contributed by atoms with Crippen molar-refractivity contribution in [3.05, 3.63) is 81.4 Å². The molecule has 0 aliphatic carbocycles. The first-order valence-corrected chi connectivity index (χ1v) is 7.25. The van der Waals surface area contributed by atoms with Crippen LogP contribution < -0.4 is 5.56 Å². The average Bonchev–Trinajstić information content (AvgIpc) is 2.54. The van der Waals surface area contributed by atoms with E-state index in [1.165, 1.54) is 4.68 Å². The fraction of sp³-hybridized carbons (Fsp3) is 0.118. The first-order valence-electron chi connectivity index (χ1n) is 6.87. The summed E-state index contributed by atoms with van der Waals surface area (Å²) in [5.41, 5.74) is 3.15. The number of aromatic nitrogens is 3. The van der Waals surface area contributed by atoms with Gasteiger partial charge in [0.2, 0.25) is 0 Å². The van der Waals surface area contributed by atoms with Crippen LogP contribution in [0.3, 0.4) is 0 Å². The third-order valence-corrected chi connectivity index (χ3v) is 3.61. The summed E-state index contributed by atoms with van der Waals surface area (Å²) in [7, 11) is 0. The first kappa shape index (κ1) is 14.5. The van der Waals surface area contributed by atoms with Crippen LogP contribution >= 0.6 is 11.6 Å². The van der Waals surface area contributed by atoms with Gasteiger partial charge in [-0.15, -0.1) is 0 Å². The van der Waals surface area contributed by atoms with Crippen LogP contribution in [0.1, 0.15) is 11.1 Å². The van der Waals surface area contributed by atoms with E-state index in [4.69, 9.17) is 11.6 Å². The molecule has 0 spiro atoms. The van der Waals surface area contributed by atoms with Crippen molar-refractivity contribution in [3.63, 3.8) is 0 Å². The van der Waals surface area contributed by atoms with Crippen LogP contribution in [0, 0.1) is 6.92 Å². The minimum atomic E-state index is -0.0948. The number of nitrogens with zero attached hydrogens (tertiary/aromatic N) is 3. The van der Waals surface area contributed by atoms with E-state index in [1.807, 2.05) is 24.3 Å². The minimum Gasteiger partial charge on any atom is -0.268 e. The molecule has 0 aliphatic rings. The molecule has 4 nitrogen and oxygen atoms in total. The van der Waals surface area contributed by atoms with Gasteiger partial charge in [-0.05, 0) is 42.8 Å². The van der Waals surface area contributed by atoms with E-state index in [9.17, 15) is 4.79 Å². The number of aryl methyl sites for hydroxylation is 1. The van der Waals surface area contributed by atoms with Crippen molar-refractivity contribution in [2.24, 2.45) is 0 Å². The Morgan fingerprint density at radius 3 is 2.64 bits per heavy atom. The van der Waals surface area contributed by atoms with Crippen molar-refractivity contribution in [1.29, 1.82) is 0 Å². The molecule has 2 aromatic heterocycles. The van der Waals surface area contributed by atoms with Gasteiger partial charge in [0.25, 0.3) is 5.56 Å². The summed E-state index contributed by atoms with van der Waals surface area (Å²) in [4.78, 5) is 16.4. The van der Waals surface area contributed by atoms with Gasteiger partial charge < -0.3 is 0 Å². The molecule has 0 aliphatic heterocycles. The third-order valence-electron chi connectivity index (χ3n) is 3.36. The number of pyridine rings is 1. The Bertz CT molecular complexity index is 842. The highest BCUT2D eigenvalue weighted by Gasteiger charge is 2.08. The lowest BCUT2D eigenvalue weighted by molar-refractivity contribution is 0.637. The molecular formula is C17H14ClN3O. The zero-order valence-electron chi connectivity index (χ0n) is 12.0. The molecule has 0 fully saturated rings. The Morgan fingerprint density at radius 2 is 1.95 bits per heavy atom. The Balaban J connectivity index is 2.02. The smallest absolute Gasteiger partial charge is 0.268 e. The van der Waals surface area contributed by atoms with Crippen molar-refractivity contribution in [1.82, 2.24) is 14.8 Å². The predicted octanol–water partition coefficient (Wildman–Crippen LogP) is 3.32. The topological polar surface area (TPSA) is 47.8 Å². The van der Waals surface area contributed by atoms with E-state index in [-0.39, 0.29) is 5.56 Å². The average molecular weight is 312 g/mol. The molecule has 3 aromatic rings. The number of halogens is 1. The standard InChI is InChI=1S/C17H14ClN3O/c1-12-9-16(14-3-2-8-19-10-14)20-21(17(12)22)11-13-4-6-15(18)7-5-13/h2-10H,11H2,1H3. The van der Waals surface area contributed by atoms with Crippen molar-refractivity contribution in [2.45, 2.75) is 13.5 Å². The highest BCUT2D eigenvalue weighted by molar-refractivity contribution is 6.30. The Hall–Kier alpha value is -2.46. The second-order valence-corrected chi connectivity index (χ2v) is 5.48. The Labute approximate surface area is 133 Å². The molecule has 22 heavy (non-hydrogen) atoms. The Kier molecular flexibility index (Phi) is 4.02. The van der Waals surface area contributed by atoms with E-state index in [1.54, 1.807) is 37.5 Å². The summed E-state index contributed by atoms with van der Waals surface area (Å²) in [5.74, 6) is 0. The Morgan fingerprint density at radius 1 is 1.18 bits per heavy atom. The van der Waals surface area contributed by atoms with Crippen molar-refractivity contribution < 1.29 is 0 Å². The molecule has 0 N–H and O–H groups in total. The number of benzene rings is 1. The normalized spacial score (nSPS) is 10.6. The molecule has 0 saturated carbocycles. The second kappa shape index (κ2) is 6.12. The summed E-state index contributed by atoms with van der Waals surface area (Å²) in [6.45, 7) is 2.20. The quantitative estimate of drug-likeness (QED) is 0.745. The molecule has 110 valence electrons. The van der Waals surface area contributed by atoms with Gasteiger partial charge in [-0.2, -0.15) is 5.10 Å². The predicted molar refractivity (Wildman–Crippen MR) is 87.0 cm³/mol. The zero-order chi connectivity index (χ0) is 15.5. The van der Waals surface area contributed by atoms with E-state index in [2.05, 4.69) is 10.1 Å². The van der Waals surface area contributed by atoms with Crippen LogP contribution in [0.5, 0.6) is 0 Å². The fourth-order valence-corrected chi connectivity index (χ4v) is 2.33. The van der Waals surface area contributed by atoms with Crippen LogP contribution in [0.15, 0.2) is 59.7 Å². The van der Waals surface area contributed by atoms with Crippen molar-refractivity contribution >= 4 is 11.6 Å². The van der Waals surface area contributed by atoms with E-state index >= 15 is 0 Å². The van der Waals surface area contributed by atoms with Gasteiger partial charge in [-0.1, -0.05) is 23.7 Å². The highest BCUT2D eigenvalue weighted by Crippen LogP contribution is 2.15. The van der Waals surface area contributed by atoms with E-state index in [0.29, 0.717) is 17.1 Å². The fourth-order valence-electron chi connectivity index (χ4n) is 2.20. The van der Waals surface area contributed by atoms with Crippen molar-refractivity contribution in [2.75, 3.05) is 0 Å². The molecule has 1 aromatic carbocycles. The molecule has 5 heteroatoms. The monoisotopic (exact) mass is 311 g/mol. The van der Waals surface area contributed by atoms with Crippen LogP contribution in [0.4, 0.5) is 0 Å². The number of rotatable bonds is 3. The van der Waals surface area contributed by atoms with E-state index in [0.717, 1.165) is 16.8 Å². The van der Waals surface area contributed by atoms with E-state index < -0.39 is 0 Å². The van der Waals surface area contributed by atoms with Gasteiger partial charge in [0, 0.05) is 28.5 Å². The lowest BCUT2D eigenvalue weighted by Gasteiger charge is -2.09. The third kappa shape index (κ3) is 3.07. The van der Waals surface area contributed by atoms with Crippen molar-refractivity contribution in [3.8, 4) is 11.3 Å². The molecule has 0 unspecified atom stereocenters. The molecular weight excluding hydrogens is 298 g/mol. The van der Waals surface area contributed by atoms with Gasteiger partial charge in [-0.25, -0.2) is 4.68 Å². The number of hydrogen-bond acceptors (Lipinski definition) is 3.